The number of hydrogen-bond acceptors (Lipinski definition) is 1. The molecule has 0 fully saturated rings. The molecule has 1 nitrogen and oxygen atoms in total. The van der Waals surface area contributed by atoms with Crippen LogP contribution in [0, 0.1) is 12.3 Å². The van der Waals surface area contributed by atoms with Crippen LogP contribution in [0.15, 0.2) is 24.3 Å². The smallest absolute Gasteiger partial charge is 0.00865 e. The quantitative estimate of drug-likeness (QED) is 0.566. The Hall–Kier alpha value is -1.26. The molecule has 2 rings (SSSR count). The van der Waals surface area contributed by atoms with Crippen LogP contribution in [-0.4, -0.2) is 13.1 Å². The molecule has 0 heterocycles. The molecule has 0 saturated heterocycles. The van der Waals surface area contributed by atoms with E-state index in [4.69, 9.17) is 6.42 Å². The molecule has 1 heteroatoms. The lowest BCUT2D eigenvalue weighted by atomic mass is 9.77. The number of rotatable bonds is 6. The molecule has 84 valence electrons. The van der Waals surface area contributed by atoms with E-state index in [0.717, 1.165) is 31.8 Å². The summed E-state index contributed by atoms with van der Waals surface area (Å²) in [5.41, 5.74) is 3.07. The van der Waals surface area contributed by atoms with E-state index in [1.54, 1.807) is 5.56 Å². The minimum Gasteiger partial charge on any atom is -0.316 e. The molecule has 0 spiro atoms. The molecule has 1 aromatic carbocycles. The first kappa shape index (κ1) is 11.2. The third kappa shape index (κ3) is 2.65. The van der Waals surface area contributed by atoms with Crippen molar-refractivity contribution < 1.29 is 0 Å². The van der Waals surface area contributed by atoms with Gasteiger partial charge in [-0.1, -0.05) is 24.3 Å². The van der Waals surface area contributed by atoms with Gasteiger partial charge in [-0.25, -0.2) is 0 Å². The maximum Gasteiger partial charge on any atom is 0.00865 e. The number of unbranched alkanes of at least 4 members (excludes halogenated alkanes) is 2. The summed E-state index contributed by atoms with van der Waals surface area (Å²) in [5.74, 6) is 3.41. The molecule has 0 bridgehead atoms. The highest BCUT2D eigenvalue weighted by Crippen LogP contribution is 2.33. The molecule has 1 unspecified atom stereocenters. The third-order valence-electron chi connectivity index (χ3n) is 3.28. The van der Waals surface area contributed by atoms with Crippen LogP contribution in [0.2, 0.25) is 0 Å². The van der Waals surface area contributed by atoms with Crippen molar-refractivity contribution in [3.63, 3.8) is 0 Å². The van der Waals surface area contributed by atoms with E-state index in [1.807, 2.05) is 0 Å². The molecule has 1 aromatic rings. The van der Waals surface area contributed by atoms with Crippen molar-refractivity contribution in [2.75, 3.05) is 13.1 Å². The van der Waals surface area contributed by atoms with E-state index >= 15 is 0 Å². The fraction of sp³-hybridized carbons (Fsp3) is 0.467. The molecule has 0 radical (unpaired) electrons. The average molecular weight is 213 g/mol. The number of fused-ring (bicyclic) bond motifs is 1. The van der Waals surface area contributed by atoms with Gasteiger partial charge >= 0.3 is 0 Å². The molecule has 0 saturated carbocycles. The summed E-state index contributed by atoms with van der Waals surface area (Å²) in [5, 5.41) is 3.52. The summed E-state index contributed by atoms with van der Waals surface area (Å²) in [6.45, 7) is 2.22. The van der Waals surface area contributed by atoms with E-state index < -0.39 is 0 Å². The predicted molar refractivity (Wildman–Crippen MR) is 68.4 cm³/mol. The van der Waals surface area contributed by atoms with Crippen LogP contribution in [-0.2, 0) is 6.42 Å². The molecular formula is C15H19N. The Kier molecular flexibility index (Phi) is 4.02. The summed E-state index contributed by atoms with van der Waals surface area (Å²) in [6.07, 6.45) is 9.70. The molecule has 1 aliphatic carbocycles. The molecule has 0 aromatic heterocycles. The first-order chi connectivity index (χ1) is 7.92. The highest BCUT2D eigenvalue weighted by molar-refractivity contribution is 5.40. The zero-order valence-electron chi connectivity index (χ0n) is 9.71. The highest BCUT2D eigenvalue weighted by atomic mass is 14.9. The van der Waals surface area contributed by atoms with Crippen LogP contribution in [0.5, 0.6) is 0 Å². The zero-order chi connectivity index (χ0) is 11.2. The SMILES string of the molecule is C#CCCCCNCC1Cc2ccccc21. The molecule has 0 amide bonds. The summed E-state index contributed by atoms with van der Waals surface area (Å²) in [7, 11) is 0. The normalized spacial score (nSPS) is 17.3. The molecule has 0 aliphatic heterocycles. The van der Waals surface area contributed by atoms with Crippen molar-refractivity contribution in [3.8, 4) is 12.3 Å². The lowest BCUT2D eigenvalue weighted by molar-refractivity contribution is 0.525. The monoisotopic (exact) mass is 213 g/mol. The van der Waals surface area contributed by atoms with Gasteiger partial charge in [0.25, 0.3) is 0 Å². The van der Waals surface area contributed by atoms with Crippen LogP contribution in [0.1, 0.15) is 36.3 Å². The van der Waals surface area contributed by atoms with Gasteiger partial charge in [0.15, 0.2) is 0 Å². The summed E-state index contributed by atoms with van der Waals surface area (Å²) in [6, 6.07) is 8.75. The Morgan fingerprint density at radius 2 is 2.19 bits per heavy atom. The van der Waals surface area contributed by atoms with Gasteiger partial charge in [-0.15, -0.1) is 12.3 Å². The summed E-state index contributed by atoms with van der Waals surface area (Å²) < 4.78 is 0. The first-order valence-corrected chi connectivity index (χ1v) is 6.14. The molecular weight excluding hydrogens is 194 g/mol. The third-order valence-corrected chi connectivity index (χ3v) is 3.28. The largest absolute Gasteiger partial charge is 0.316 e. The topological polar surface area (TPSA) is 12.0 Å². The van der Waals surface area contributed by atoms with Crippen LogP contribution < -0.4 is 5.32 Å². The predicted octanol–water partition coefficient (Wildman–Crippen LogP) is 2.72. The summed E-state index contributed by atoms with van der Waals surface area (Å²) in [4.78, 5) is 0. The number of hydrogen-bond donors (Lipinski definition) is 1. The van der Waals surface area contributed by atoms with E-state index in [-0.39, 0.29) is 0 Å². The van der Waals surface area contributed by atoms with Crippen LogP contribution >= 0.6 is 0 Å². The van der Waals surface area contributed by atoms with Gasteiger partial charge in [-0.2, -0.15) is 0 Å². The van der Waals surface area contributed by atoms with Gasteiger partial charge in [-0.05, 0) is 36.9 Å². The lowest BCUT2D eigenvalue weighted by Gasteiger charge is -2.30. The maximum atomic E-state index is 5.20. The number of nitrogens with one attached hydrogen (secondary N) is 1. The van der Waals surface area contributed by atoms with Crippen molar-refractivity contribution in [2.45, 2.75) is 31.6 Å². The van der Waals surface area contributed by atoms with Crippen LogP contribution in [0.25, 0.3) is 0 Å². The van der Waals surface area contributed by atoms with Gasteiger partial charge in [0, 0.05) is 18.9 Å². The van der Waals surface area contributed by atoms with Crippen LogP contribution in [0.3, 0.4) is 0 Å². The highest BCUT2D eigenvalue weighted by Gasteiger charge is 2.24. The number of terminal acetylenes is 1. The second-order valence-corrected chi connectivity index (χ2v) is 4.47. The number of benzene rings is 1. The Labute approximate surface area is 98.3 Å². The lowest BCUT2D eigenvalue weighted by Crippen LogP contribution is -2.29. The second-order valence-electron chi connectivity index (χ2n) is 4.47. The average Bonchev–Trinajstić information content (AvgIpc) is 2.28. The van der Waals surface area contributed by atoms with Gasteiger partial charge < -0.3 is 5.32 Å². The molecule has 16 heavy (non-hydrogen) atoms. The van der Waals surface area contributed by atoms with Crippen molar-refractivity contribution in [1.82, 2.24) is 5.32 Å². The standard InChI is InChI=1S/C15H19N/c1-2-3-4-7-10-16-12-14-11-13-8-5-6-9-15(13)14/h1,5-6,8-9,14,16H,3-4,7,10-12H2. The Morgan fingerprint density at radius 1 is 1.31 bits per heavy atom. The van der Waals surface area contributed by atoms with Crippen molar-refractivity contribution >= 4 is 0 Å². The van der Waals surface area contributed by atoms with Crippen molar-refractivity contribution in [2.24, 2.45) is 0 Å². The Morgan fingerprint density at radius 3 is 3.00 bits per heavy atom. The van der Waals surface area contributed by atoms with Gasteiger partial charge in [-0.3, -0.25) is 0 Å². The zero-order valence-corrected chi connectivity index (χ0v) is 9.71. The van der Waals surface area contributed by atoms with E-state index in [0.29, 0.717) is 0 Å². The maximum absolute atomic E-state index is 5.20. The second kappa shape index (κ2) is 5.72. The Bertz CT molecular complexity index is 375. The van der Waals surface area contributed by atoms with E-state index in [9.17, 15) is 0 Å². The van der Waals surface area contributed by atoms with Crippen molar-refractivity contribution in [1.29, 1.82) is 0 Å². The minimum atomic E-state index is 0.740. The van der Waals surface area contributed by atoms with E-state index in [2.05, 4.69) is 35.5 Å². The van der Waals surface area contributed by atoms with Crippen LogP contribution in [0.4, 0.5) is 0 Å². The minimum absolute atomic E-state index is 0.740. The summed E-state index contributed by atoms with van der Waals surface area (Å²) >= 11 is 0. The first-order valence-electron chi connectivity index (χ1n) is 6.14. The van der Waals surface area contributed by atoms with E-state index in [1.165, 1.54) is 18.4 Å². The van der Waals surface area contributed by atoms with Gasteiger partial charge in [0.1, 0.15) is 0 Å². The van der Waals surface area contributed by atoms with Gasteiger partial charge in [0.05, 0.1) is 0 Å². The molecule has 1 atom stereocenters. The molecule has 1 N–H and O–H groups in total. The Balaban J connectivity index is 1.61. The van der Waals surface area contributed by atoms with Gasteiger partial charge in [0.2, 0.25) is 0 Å². The fourth-order valence-electron chi connectivity index (χ4n) is 2.30. The fourth-order valence-corrected chi connectivity index (χ4v) is 2.30. The van der Waals surface area contributed by atoms with Crippen molar-refractivity contribution in [3.05, 3.63) is 35.4 Å². The molecule has 1 aliphatic rings.